The van der Waals surface area contributed by atoms with Gasteiger partial charge in [-0.15, -0.1) is 0 Å². The maximum Gasteiger partial charge on any atom is 0.180 e. The van der Waals surface area contributed by atoms with Crippen LogP contribution in [-0.4, -0.2) is 29.5 Å². The zero-order chi connectivity index (χ0) is 22.7. The van der Waals surface area contributed by atoms with Crippen LogP contribution < -0.4 is 0 Å². The van der Waals surface area contributed by atoms with Gasteiger partial charge in [-0.25, -0.2) is 24.3 Å². The lowest BCUT2D eigenvalue weighted by Gasteiger charge is -2.11. The van der Waals surface area contributed by atoms with Crippen molar-refractivity contribution in [2.75, 3.05) is 0 Å². The molecule has 0 saturated heterocycles. The third-order valence-electron chi connectivity index (χ3n) is 6.01. The molecule has 0 spiro atoms. The minimum absolute atomic E-state index is 0.174. The highest BCUT2D eigenvalue weighted by Crippen LogP contribution is 2.33. The van der Waals surface area contributed by atoms with Crippen molar-refractivity contribution in [2.45, 2.75) is 26.8 Å². The molecule has 0 fully saturated rings. The molecule has 0 bridgehead atoms. The number of hydrogen-bond acceptors (Lipinski definition) is 4. The highest BCUT2D eigenvalue weighted by atomic mass is 19.1. The zero-order valence-corrected chi connectivity index (χ0v) is 18.5. The normalized spacial score (nSPS) is 11.9. The van der Waals surface area contributed by atoms with Gasteiger partial charge in [-0.2, -0.15) is 0 Å². The zero-order valence-electron chi connectivity index (χ0n) is 18.5. The molecule has 4 heterocycles. The molecule has 2 aromatic carbocycles. The smallest absolute Gasteiger partial charge is 0.180 e. The van der Waals surface area contributed by atoms with Gasteiger partial charge in [0.25, 0.3) is 0 Å². The lowest BCUT2D eigenvalue weighted by molar-refractivity contribution is 0.600. The van der Waals surface area contributed by atoms with Crippen molar-refractivity contribution in [1.82, 2.24) is 29.5 Å². The largest absolute Gasteiger partial charge is 0.345 e. The summed E-state index contributed by atoms with van der Waals surface area (Å²) in [6.45, 7) is 6.04. The van der Waals surface area contributed by atoms with Crippen LogP contribution in [0.25, 0.3) is 55.6 Å². The number of hydrogen-bond donors (Lipinski definition) is 1. The molecule has 0 unspecified atom stereocenters. The molecule has 0 atom stereocenters. The van der Waals surface area contributed by atoms with Gasteiger partial charge in [0, 0.05) is 34.8 Å². The first-order valence-electron chi connectivity index (χ1n) is 10.9. The summed E-state index contributed by atoms with van der Waals surface area (Å²) < 4.78 is 17.0. The van der Waals surface area contributed by atoms with Crippen molar-refractivity contribution in [2.24, 2.45) is 0 Å². The number of nitrogens with zero attached hydrogens (tertiary/aromatic N) is 5. The van der Waals surface area contributed by atoms with Crippen molar-refractivity contribution in [3.8, 4) is 22.6 Å². The molecule has 0 aliphatic rings. The molecule has 4 aromatic heterocycles. The summed E-state index contributed by atoms with van der Waals surface area (Å²) in [6, 6.07) is 15.6. The predicted molar refractivity (Wildman–Crippen MR) is 128 cm³/mol. The Kier molecular flexibility index (Phi) is 4.26. The van der Waals surface area contributed by atoms with Crippen molar-refractivity contribution in [1.29, 1.82) is 0 Å². The van der Waals surface area contributed by atoms with E-state index < -0.39 is 0 Å². The van der Waals surface area contributed by atoms with E-state index in [9.17, 15) is 4.39 Å². The van der Waals surface area contributed by atoms with Crippen molar-refractivity contribution < 1.29 is 4.39 Å². The van der Waals surface area contributed by atoms with E-state index in [0.717, 1.165) is 38.8 Å². The Hall–Kier alpha value is -4.13. The quantitative estimate of drug-likeness (QED) is 0.358. The molecule has 0 amide bonds. The number of halogens is 1. The van der Waals surface area contributed by atoms with E-state index in [1.54, 1.807) is 6.20 Å². The van der Waals surface area contributed by atoms with E-state index in [1.807, 2.05) is 55.6 Å². The number of pyridine rings is 1. The number of fused-ring (bicyclic) bond motifs is 3. The SMILES string of the molecule is Cc1nc2c(F)cc(-c3c[nH]c4nc(-c5ccc6ccccc6n5)ncc34)cc2n1C(C)C. The Morgan fingerprint density at radius 3 is 2.70 bits per heavy atom. The average molecular weight is 436 g/mol. The van der Waals surface area contributed by atoms with Crippen LogP contribution in [0.15, 0.2) is 60.9 Å². The van der Waals surface area contributed by atoms with Crippen LogP contribution in [0, 0.1) is 12.7 Å². The van der Waals surface area contributed by atoms with Crippen molar-refractivity contribution in [3.05, 3.63) is 72.6 Å². The molecule has 0 aliphatic carbocycles. The van der Waals surface area contributed by atoms with Gasteiger partial charge in [-0.05, 0) is 50.6 Å². The van der Waals surface area contributed by atoms with Gasteiger partial charge >= 0.3 is 0 Å². The average Bonchev–Trinajstić information content (AvgIpc) is 3.39. The van der Waals surface area contributed by atoms with Crippen LogP contribution in [0.2, 0.25) is 0 Å². The van der Waals surface area contributed by atoms with Crippen LogP contribution in [0.3, 0.4) is 0 Å². The molecule has 0 radical (unpaired) electrons. The third kappa shape index (κ3) is 3.08. The first-order chi connectivity index (χ1) is 16.0. The van der Waals surface area contributed by atoms with Crippen molar-refractivity contribution in [3.63, 3.8) is 0 Å². The van der Waals surface area contributed by atoms with Gasteiger partial charge in [0.15, 0.2) is 11.6 Å². The Labute approximate surface area is 189 Å². The summed E-state index contributed by atoms with van der Waals surface area (Å²) in [6.07, 6.45) is 3.62. The number of aromatic nitrogens is 6. The van der Waals surface area contributed by atoms with E-state index >= 15 is 0 Å². The van der Waals surface area contributed by atoms with E-state index in [0.29, 0.717) is 22.7 Å². The van der Waals surface area contributed by atoms with Crippen LogP contribution in [0.5, 0.6) is 0 Å². The third-order valence-corrected chi connectivity index (χ3v) is 6.01. The minimum Gasteiger partial charge on any atom is -0.345 e. The Bertz CT molecular complexity index is 1680. The van der Waals surface area contributed by atoms with Gasteiger partial charge in [-0.3, -0.25) is 0 Å². The number of imidazole rings is 1. The molecule has 6 aromatic rings. The van der Waals surface area contributed by atoms with Gasteiger partial charge in [-0.1, -0.05) is 24.3 Å². The molecule has 0 aliphatic heterocycles. The van der Waals surface area contributed by atoms with E-state index in [-0.39, 0.29) is 11.9 Å². The number of aryl methyl sites for hydroxylation is 1. The summed E-state index contributed by atoms with van der Waals surface area (Å²) in [5, 5.41) is 1.89. The second-order valence-electron chi connectivity index (χ2n) is 8.50. The highest BCUT2D eigenvalue weighted by molar-refractivity contribution is 5.96. The van der Waals surface area contributed by atoms with Gasteiger partial charge in [0.2, 0.25) is 0 Å². The highest BCUT2D eigenvalue weighted by Gasteiger charge is 2.18. The fourth-order valence-corrected chi connectivity index (χ4v) is 4.54. The number of para-hydroxylation sites is 1. The Morgan fingerprint density at radius 1 is 1.00 bits per heavy atom. The molecule has 6 rings (SSSR count). The summed E-state index contributed by atoms with van der Waals surface area (Å²) >= 11 is 0. The second-order valence-corrected chi connectivity index (χ2v) is 8.50. The molecule has 6 nitrogen and oxygen atoms in total. The van der Waals surface area contributed by atoms with Gasteiger partial charge < -0.3 is 9.55 Å². The van der Waals surface area contributed by atoms with Gasteiger partial charge in [0.1, 0.15) is 22.7 Å². The van der Waals surface area contributed by atoms with E-state index in [4.69, 9.17) is 9.97 Å². The first-order valence-corrected chi connectivity index (χ1v) is 10.9. The first kappa shape index (κ1) is 19.5. The minimum atomic E-state index is -0.336. The second kappa shape index (κ2) is 7.20. The number of rotatable bonds is 3. The summed E-state index contributed by atoms with van der Waals surface area (Å²) in [5.74, 6) is 1.000. The summed E-state index contributed by atoms with van der Waals surface area (Å²) in [5.41, 5.74) is 5.06. The number of H-pyrrole nitrogens is 1. The van der Waals surface area contributed by atoms with Crippen LogP contribution >= 0.6 is 0 Å². The number of nitrogens with one attached hydrogen (secondary N) is 1. The molecular formula is C26H21FN6. The fraction of sp³-hybridized carbons (Fsp3) is 0.154. The maximum atomic E-state index is 15.0. The lowest BCUT2D eigenvalue weighted by Crippen LogP contribution is -2.02. The number of aromatic amines is 1. The molecule has 162 valence electrons. The monoisotopic (exact) mass is 436 g/mol. The predicted octanol–water partition coefficient (Wildman–Crippen LogP) is 6.22. The molecule has 7 heteroatoms. The van der Waals surface area contributed by atoms with E-state index in [2.05, 4.69) is 33.4 Å². The Morgan fingerprint density at radius 2 is 1.85 bits per heavy atom. The Balaban J connectivity index is 1.47. The standard InChI is InChI=1S/C26H21FN6/c1-14(2)33-15(3)30-24-20(27)10-17(11-23(24)33)18-12-28-25-19(18)13-29-26(32-25)22-9-8-16-6-4-5-7-21(16)31-22/h4-14H,1-3H3,(H,28,29,32). The van der Waals surface area contributed by atoms with E-state index in [1.165, 1.54) is 6.07 Å². The topological polar surface area (TPSA) is 72.3 Å². The van der Waals surface area contributed by atoms with Gasteiger partial charge in [0.05, 0.1) is 11.0 Å². The molecular weight excluding hydrogens is 415 g/mol. The van der Waals surface area contributed by atoms with Crippen LogP contribution in [0.4, 0.5) is 4.39 Å². The summed E-state index contributed by atoms with van der Waals surface area (Å²) in [7, 11) is 0. The van der Waals surface area contributed by atoms with Crippen molar-refractivity contribution >= 4 is 33.0 Å². The fourth-order valence-electron chi connectivity index (χ4n) is 4.54. The number of benzene rings is 2. The summed E-state index contributed by atoms with van der Waals surface area (Å²) in [4.78, 5) is 21.6. The molecule has 0 saturated carbocycles. The van der Waals surface area contributed by atoms with Crippen LogP contribution in [0.1, 0.15) is 25.7 Å². The van der Waals surface area contributed by atoms with Crippen LogP contribution in [-0.2, 0) is 0 Å². The molecule has 1 N–H and O–H groups in total. The molecule has 33 heavy (non-hydrogen) atoms. The lowest BCUT2D eigenvalue weighted by atomic mass is 10.1. The maximum absolute atomic E-state index is 15.0.